The van der Waals surface area contributed by atoms with E-state index in [9.17, 15) is 24.2 Å². The highest BCUT2D eigenvalue weighted by Crippen LogP contribution is 2.38. The molecule has 0 aromatic rings. The van der Waals surface area contributed by atoms with Gasteiger partial charge >= 0.3 is 11.9 Å². The molecule has 11 heteroatoms. The summed E-state index contributed by atoms with van der Waals surface area (Å²) in [6, 6.07) is 0. The van der Waals surface area contributed by atoms with Gasteiger partial charge in [0.25, 0.3) is 7.82 Å². The molecule has 0 saturated carbocycles. The van der Waals surface area contributed by atoms with Gasteiger partial charge in [-0.2, -0.15) is 0 Å². The molecule has 10 nitrogen and oxygen atoms in total. The number of hydrogen-bond acceptors (Lipinski definition) is 9. The van der Waals surface area contributed by atoms with Crippen LogP contribution < -0.4 is 4.89 Å². The second-order valence-electron chi connectivity index (χ2n) is 17.7. The minimum absolute atomic E-state index is 0.0565. The van der Waals surface area contributed by atoms with Gasteiger partial charge in [-0.1, -0.05) is 191 Å². The summed E-state index contributed by atoms with van der Waals surface area (Å²) in [6.45, 7) is 4.05. The van der Waals surface area contributed by atoms with E-state index in [1.807, 2.05) is 39.4 Å². The molecule has 0 aromatic heterocycles. The third kappa shape index (κ3) is 45.8. The van der Waals surface area contributed by atoms with E-state index in [-0.39, 0.29) is 26.1 Å². The maximum atomic E-state index is 12.7. The van der Waals surface area contributed by atoms with Crippen LogP contribution in [0.15, 0.2) is 48.6 Å². The lowest BCUT2D eigenvalue weighted by Gasteiger charge is -2.28. The molecule has 0 amide bonds. The van der Waals surface area contributed by atoms with Crippen molar-refractivity contribution in [2.24, 2.45) is 0 Å². The van der Waals surface area contributed by atoms with Crippen molar-refractivity contribution in [3.05, 3.63) is 48.6 Å². The molecule has 61 heavy (non-hydrogen) atoms. The van der Waals surface area contributed by atoms with Crippen LogP contribution in [0.5, 0.6) is 0 Å². The number of hydrogen-bond donors (Lipinski definition) is 1. The van der Waals surface area contributed by atoms with Gasteiger partial charge in [-0.15, -0.1) is 0 Å². The third-order valence-corrected chi connectivity index (χ3v) is 11.4. The van der Waals surface area contributed by atoms with Crippen LogP contribution in [0.3, 0.4) is 0 Å². The van der Waals surface area contributed by atoms with E-state index < -0.39 is 38.6 Å². The summed E-state index contributed by atoms with van der Waals surface area (Å²) in [7, 11) is 1.08. The smallest absolute Gasteiger partial charge is 0.306 e. The molecular formula is C50H92NO9P. The van der Waals surface area contributed by atoms with Gasteiger partial charge in [-0.05, 0) is 44.9 Å². The van der Waals surface area contributed by atoms with Crippen molar-refractivity contribution in [1.82, 2.24) is 0 Å². The van der Waals surface area contributed by atoms with Crippen LogP contribution in [0.1, 0.15) is 200 Å². The summed E-state index contributed by atoms with van der Waals surface area (Å²) in [6.07, 6.45) is 46.0. The quantitative estimate of drug-likeness (QED) is 0.0159. The van der Waals surface area contributed by atoms with Crippen LogP contribution in [-0.4, -0.2) is 81.2 Å². The monoisotopic (exact) mass is 882 g/mol. The van der Waals surface area contributed by atoms with Crippen LogP contribution in [0.2, 0.25) is 0 Å². The first-order chi connectivity index (χ1) is 29.4. The van der Waals surface area contributed by atoms with Crippen molar-refractivity contribution in [3.8, 4) is 0 Å². The molecule has 0 radical (unpaired) electrons. The lowest BCUT2D eigenvalue weighted by molar-refractivity contribution is -0.870. The van der Waals surface area contributed by atoms with Crippen molar-refractivity contribution in [3.63, 3.8) is 0 Å². The standard InChI is InChI=1S/C50H92NO9P/c1-6-8-10-12-14-16-17-18-19-20-21-22-23-24-25-27-29-33-37-41-49(53)57-45-48(46-59-61(55,56)58-44-43-51(3,4)5)60-50(54)42-38-34-30-32-36-40-47(52)39-35-31-28-26-15-13-11-9-7-2/h15,26,30-32,35-36,40,47-48,52H,6-14,16-25,27-29,33-34,37-39,41-46H2,1-5H3/b26-15-,32-30+,35-31-,40-36-/t47?,48-/m1/s1. The van der Waals surface area contributed by atoms with Crippen LogP contribution in [0, 0.1) is 0 Å². The Balaban J connectivity index is 4.43. The Bertz CT molecular complexity index is 1200. The molecule has 356 valence electrons. The molecule has 1 N–H and O–H groups in total. The first-order valence-electron chi connectivity index (χ1n) is 24.5. The van der Waals surface area contributed by atoms with E-state index in [1.54, 1.807) is 12.2 Å². The zero-order valence-corrected chi connectivity index (χ0v) is 40.6. The highest BCUT2D eigenvalue weighted by molar-refractivity contribution is 7.45. The van der Waals surface area contributed by atoms with Gasteiger partial charge in [-0.3, -0.25) is 14.2 Å². The first kappa shape index (κ1) is 58.9. The van der Waals surface area contributed by atoms with E-state index in [4.69, 9.17) is 18.5 Å². The Hall–Kier alpha value is -2.07. The Morgan fingerprint density at radius 2 is 1.11 bits per heavy atom. The van der Waals surface area contributed by atoms with Gasteiger partial charge in [0.2, 0.25) is 0 Å². The number of likely N-dealkylation sites (N-methyl/N-ethyl adjacent to an activating group) is 1. The minimum atomic E-state index is -4.67. The summed E-state index contributed by atoms with van der Waals surface area (Å²) >= 11 is 0. The van der Waals surface area contributed by atoms with Gasteiger partial charge in [0.1, 0.15) is 19.8 Å². The second-order valence-corrected chi connectivity index (χ2v) is 19.1. The average Bonchev–Trinajstić information content (AvgIpc) is 3.21. The number of quaternary nitrogens is 1. The van der Waals surface area contributed by atoms with Crippen molar-refractivity contribution >= 4 is 19.8 Å². The fourth-order valence-electron chi connectivity index (χ4n) is 6.55. The van der Waals surface area contributed by atoms with Crippen LogP contribution in [0.25, 0.3) is 0 Å². The van der Waals surface area contributed by atoms with E-state index in [2.05, 4.69) is 32.1 Å². The van der Waals surface area contributed by atoms with Gasteiger partial charge < -0.3 is 33.0 Å². The van der Waals surface area contributed by atoms with Crippen LogP contribution >= 0.6 is 7.82 Å². The molecule has 0 saturated heterocycles. The molecule has 0 fully saturated rings. The molecule has 0 aliphatic carbocycles. The summed E-state index contributed by atoms with van der Waals surface area (Å²) in [5, 5.41) is 10.2. The molecule has 3 atom stereocenters. The molecule has 0 aromatic carbocycles. The number of carbonyl (C=O) groups is 2. The number of nitrogens with zero attached hydrogens (tertiary/aromatic N) is 1. The molecule has 2 unspecified atom stereocenters. The number of rotatable bonds is 44. The molecule has 0 rings (SSSR count). The Morgan fingerprint density at radius 1 is 0.607 bits per heavy atom. The summed E-state index contributed by atoms with van der Waals surface area (Å²) < 4.78 is 33.9. The van der Waals surface area contributed by atoms with Crippen LogP contribution in [0.4, 0.5) is 0 Å². The van der Waals surface area contributed by atoms with E-state index in [0.717, 1.165) is 25.7 Å². The van der Waals surface area contributed by atoms with Gasteiger partial charge in [0.05, 0.1) is 33.9 Å². The Labute approximate surface area is 374 Å². The third-order valence-electron chi connectivity index (χ3n) is 10.4. The zero-order chi connectivity index (χ0) is 45.1. The summed E-state index contributed by atoms with van der Waals surface area (Å²) in [5.74, 6) is -0.959. The molecular weight excluding hydrogens is 790 g/mol. The zero-order valence-electron chi connectivity index (χ0n) is 39.7. The highest BCUT2D eigenvalue weighted by Gasteiger charge is 2.21. The molecule has 0 spiro atoms. The second kappa shape index (κ2) is 41.9. The number of aliphatic hydroxyl groups excluding tert-OH is 1. The maximum absolute atomic E-state index is 12.7. The van der Waals surface area contributed by atoms with E-state index >= 15 is 0 Å². The molecule has 0 bridgehead atoms. The lowest BCUT2D eigenvalue weighted by Crippen LogP contribution is -2.37. The fraction of sp³-hybridized carbons (Fsp3) is 0.800. The fourth-order valence-corrected chi connectivity index (χ4v) is 7.28. The van der Waals surface area contributed by atoms with Gasteiger partial charge in [0, 0.05) is 12.8 Å². The predicted molar refractivity (Wildman–Crippen MR) is 251 cm³/mol. The van der Waals surface area contributed by atoms with Gasteiger partial charge in [0.15, 0.2) is 6.10 Å². The van der Waals surface area contributed by atoms with Crippen molar-refractivity contribution < 1.29 is 47.2 Å². The number of phosphoric ester groups is 1. The maximum Gasteiger partial charge on any atom is 0.306 e. The van der Waals surface area contributed by atoms with Crippen molar-refractivity contribution in [1.29, 1.82) is 0 Å². The Kier molecular flexibility index (Phi) is 40.5. The number of esters is 2. The van der Waals surface area contributed by atoms with Crippen LogP contribution in [-0.2, 0) is 32.7 Å². The topological polar surface area (TPSA) is 131 Å². The summed E-state index contributed by atoms with van der Waals surface area (Å²) in [5.41, 5.74) is 0. The van der Waals surface area contributed by atoms with E-state index in [1.165, 1.54) is 122 Å². The average molecular weight is 882 g/mol. The first-order valence-corrected chi connectivity index (χ1v) is 25.9. The molecule has 0 aliphatic rings. The lowest BCUT2D eigenvalue weighted by atomic mass is 10.0. The number of allylic oxidation sites excluding steroid dienone is 6. The number of aliphatic hydroxyl groups is 1. The predicted octanol–water partition coefficient (Wildman–Crippen LogP) is 12.6. The number of ether oxygens (including phenoxy) is 2. The number of phosphoric acid groups is 1. The number of unbranched alkanes of at least 4 members (excludes halogenated alkanes) is 22. The highest BCUT2D eigenvalue weighted by atomic mass is 31.2. The molecule has 0 heterocycles. The normalized spacial score (nSPS) is 14.4. The minimum Gasteiger partial charge on any atom is -0.756 e. The largest absolute Gasteiger partial charge is 0.756 e. The molecule has 0 aliphatic heterocycles. The van der Waals surface area contributed by atoms with Gasteiger partial charge in [-0.25, -0.2) is 0 Å². The number of carbonyl (C=O) groups excluding carboxylic acids is 2. The van der Waals surface area contributed by atoms with Crippen molar-refractivity contribution in [2.75, 3.05) is 47.5 Å². The van der Waals surface area contributed by atoms with E-state index in [0.29, 0.717) is 36.7 Å². The SMILES string of the molecule is CCCCC/C=C\C/C=C\CC(O)/C=C\C=C\CCCC(=O)O[C@H](COC(=O)CCCCCCCCCCCCCCCCCCCCC)COP(=O)([O-])OCC[N+](C)(C)C. The van der Waals surface area contributed by atoms with Crippen molar-refractivity contribution in [2.45, 2.75) is 212 Å². The summed E-state index contributed by atoms with van der Waals surface area (Å²) in [4.78, 5) is 37.6. The Morgan fingerprint density at radius 3 is 1.69 bits per heavy atom.